The quantitative estimate of drug-likeness (QED) is 0.806. The zero-order valence-corrected chi connectivity index (χ0v) is 11.8. The Kier molecular flexibility index (Phi) is 4.17. The Morgan fingerprint density at radius 1 is 1.44 bits per heavy atom. The zero-order valence-electron chi connectivity index (χ0n) is 10.2. The molecule has 4 heteroatoms. The first-order valence-corrected chi connectivity index (χ1v) is 6.79. The highest BCUT2D eigenvalue weighted by Crippen LogP contribution is 2.37. The smallest absolute Gasteiger partial charge is 0.305 e. The van der Waals surface area contributed by atoms with Crippen molar-refractivity contribution in [3.05, 3.63) is 33.8 Å². The van der Waals surface area contributed by atoms with Crippen molar-refractivity contribution in [2.75, 3.05) is 7.11 Å². The van der Waals surface area contributed by atoms with Crippen LogP contribution >= 0.6 is 15.9 Å². The highest BCUT2D eigenvalue weighted by atomic mass is 79.9. The van der Waals surface area contributed by atoms with Gasteiger partial charge in [-0.05, 0) is 30.0 Å². The van der Waals surface area contributed by atoms with E-state index in [0.29, 0.717) is 12.8 Å². The van der Waals surface area contributed by atoms with E-state index in [4.69, 9.17) is 0 Å². The number of methoxy groups -OCH3 is 1. The second-order valence-corrected chi connectivity index (χ2v) is 5.30. The third kappa shape index (κ3) is 2.64. The monoisotopic (exact) mass is 310 g/mol. The maximum atomic E-state index is 12.0. The van der Waals surface area contributed by atoms with Crippen molar-refractivity contribution in [3.63, 3.8) is 0 Å². The van der Waals surface area contributed by atoms with Crippen LogP contribution in [0, 0.1) is 0 Å². The van der Waals surface area contributed by atoms with Crippen LogP contribution in [0.3, 0.4) is 0 Å². The van der Waals surface area contributed by atoms with Gasteiger partial charge < -0.3 is 4.74 Å². The molecule has 0 aromatic heterocycles. The second-order valence-electron chi connectivity index (χ2n) is 4.45. The molecule has 0 saturated carbocycles. The number of benzene rings is 1. The molecule has 0 saturated heterocycles. The Hall–Kier alpha value is -1.16. The van der Waals surface area contributed by atoms with E-state index in [0.717, 1.165) is 16.5 Å². The number of fused-ring (bicyclic) bond motifs is 1. The van der Waals surface area contributed by atoms with Crippen LogP contribution < -0.4 is 0 Å². The van der Waals surface area contributed by atoms with E-state index in [1.54, 1.807) is 0 Å². The van der Waals surface area contributed by atoms with Gasteiger partial charge in [0.05, 0.1) is 7.11 Å². The third-order valence-corrected chi connectivity index (χ3v) is 4.08. The minimum Gasteiger partial charge on any atom is -0.469 e. The Morgan fingerprint density at radius 3 is 2.94 bits per heavy atom. The largest absolute Gasteiger partial charge is 0.469 e. The molecule has 96 valence electrons. The topological polar surface area (TPSA) is 43.4 Å². The lowest BCUT2D eigenvalue weighted by Crippen LogP contribution is -2.22. The highest BCUT2D eigenvalue weighted by Gasteiger charge is 2.29. The SMILES string of the molecule is COC(=O)CCC1C(=O)CCc2cccc(Br)c21. The molecule has 0 spiro atoms. The van der Waals surface area contributed by atoms with E-state index in [2.05, 4.69) is 26.7 Å². The zero-order chi connectivity index (χ0) is 13.1. The van der Waals surface area contributed by atoms with Gasteiger partial charge in [-0.3, -0.25) is 9.59 Å². The average Bonchev–Trinajstić information content (AvgIpc) is 2.38. The number of hydrogen-bond donors (Lipinski definition) is 0. The highest BCUT2D eigenvalue weighted by molar-refractivity contribution is 9.10. The number of rotatable bonds is 3. The molecular formula is C14H15BrO3. The molecule has 0 aliphatic heterocycles. The van der Waals surface area contributed by atoms with Crippen molar-refractivity contribution in [2.45, 2.75) is 31.6 Å². The number of esters is 1. The number of carbonyl (C=O) groups is 2. The molecule has 18 heavy (non-hydrogen) atoms. The van der Waals surface area contributed by atoms with Gasteiger partial charge >= 0.3 is 5.97 Å². The van der Waals surface area contributed by atoms with Gasteiger partial charge in [0.1, 0.15) is 5.78 Å². The van der Waals surface area contributed by atoms with Crippen molar-refractivity contribution in [3.8, 4) is 0 Å². The molecule has 0 heterocycles. The number of halogens is 1. The summed E-state index contributed by atoms with van der Waals surface area (Å²) >= 11 is 3.51. The van der Waals surface area contributed by atoms with Gasteiger partial charge in [-0.2, -0.15) is 0 Å². The summed E-state index contributed by atoms with van der Waals surface area (Å²) < 4.78 is 5.59. The van der Waals surface area contributed by atoms with Crippen LogP contribution in [0.1, 0.15) is 36.3 Å². The summed E-state index contributed by atoms with van der Waals surface area (Å²) in [5.74, 6) is -0.219. The van der Waals surface area contributed by atoms with Crippen LogP contribution in [0.5, 0.6) is 0 Å². The van der Waals surface area contributed by atoms with E-state index >= 15 is 0 Å². The van der Waals surface area contributed by atoms with E-state index < -0.39 is 0 Å². The first-order valence-electron chi connectivity index (χ1n) is 6.00. The van der Waals surface area contributed by atoms with Crippen molar-refractivity contribution in [2.24, 2.45) is 0 Å². The number of carbonyl (C=O) groups excluding carboxylic acids is 2. The van der Waals surface area contributed by atoms with E-state index in [-0.39, 0.29) is 24.1 Å². The van der Waals surface area contributed by atoms with Crippen LogP contribution in [-0.2, 0) is 20.7 Å². The molecule has 1 unspecified atom stereocenters. The lowest BCUT2D eigenvalue weighted by Gasteiger charge is -2.25. The lowest BCUT2D eigenvalue weighted by molar-refractivity contribution is -0.140. The minimum absolute atomic E-state index is 0.177. The van der Waals surface area contributed by atoms with Crippen molar-refractivity contribution >= 4 is 27.7 Å². The van der Waals surface area contributed by atoms with Crippen molar-refractivity contribution in [1.82, 2.24) is 0 Å². The first kappa shape index (κ1) is 13.3. The summed E-state index contributed by atoms with van der Waals surface area (Å²) in [6, 6.07) is 5.98. The van der Waals surface area contributed by atoms with E-state index in [9.17, 15) is 9.59 Å². The summed E-state index contributed by atoms with van der Waals surface area (Å²) in [7, 11) is 1.37. The Labute approximate surface area is 115 Å². The first-order chi connectivity index (χ1) is 8.63. The summed E-state index contributed by atoms with van der Waals surface area (Å²) in [4.78, 5) is 23.2. The molecule has 1 aromatic rings. The summed E-state index contributed by atoms with van der Waals surface area (Å²) in [6.07, 6.45) is 2.17. The molecule has 1 atom stereocenters. The number of ketones is 1. The van der Waals surface area contributed by atoms with Crippen LogP contribution in [0.2, 0.25) is 0 Å². The van der Waals surface area contributed by atoms with Crippen LogP contribution in [0.4, 0.5) is 0 Å². The van der Waals surface area contributed by atoms with Crippen molar-refractivity contribution in [1.29, 1.82) is 0 Å². The number of ether oxygens (including phenoxy) is 1. The molecular weight excluding hydrogens is 296 g/mol. The van der Waals surface area contributed by atoms with Crippen molar-refractivity contribution < 1.29 is 14.3 Å². The third-order valence-electron chi connectivity index (χ3n) is 3.39. The van der Waals surface area contributed by atoms with Crippen LogP contribution in [0.15, 0.2) is 22.7 Å². The molecule has 1 aromatic carbocycles. The normalized spacial score (nSPS) is 18.3. The fourth-order valence-electron chi connectivity index (χ4n) is 2.45. The van der Waals surface area contributed by atoms with Gasteiger partial charge in [-0.15, -0.1) is 0 Å². The van der Waals surface area contributed by atoms with Gasteiger partial charge in [0, 0.05) is 23.2 Å². The van der Waals surface area contributed by atoms with Crippen LogP contribution in [0.25, 0.3) is 0 Å². The average molecular weight is 311 g/mol. The maximum absolute atomic E-state index is 12.0. The summed E-state index contributed by atoms with van der Waals surface area (Å²) in [5.41, 5.74) is 2.26. The molecule has 0 bridgehead atoms. The summed E-state index contributed by atoms with van der Waals surface area (Å²) in [6.45, 7) is 0. The molecule has 0 radical (unpaired) electrons. The molecule has 1 aliphatic carbocycles. The van der Waals surface area contributed by atoms with Gasteiger partial charge in [-0.1, -0.05) is 28.1 Å². The minimum atomic E-state index is -0.262. The van der Waals surface area contributed by atoms with Gasteiger partial charge in [0.2, 0.25) is 0 Å². The Balaban J connectivity index is 2.25. The molecule has 1 aliphatic rings. The molecule has 0 amide bonds. The van der Waals surface area contributed by atoms with Crippen LogP contribution in [-0.4, -0.2) is 18.9 Å². The Morgan fingerprint density at radius 2 is 2.22 bits per heavy atom. The second kappa shape index (κ2) is 5.65. The molecule has 0 N–H and O–H groups in total. The molecule has 0 fully saturated rings. The molecule has 3 nitrogen and oxygen atoms in total. The molecule has 2 rings (SSSR count). The maximum Gasteiger partial charge on any atom is 0.305 e. The fraction of sp³-hybridized carbons (Fsp3) is 0.429. The van der Waals surface area contributed by atoms with Gasteiger partial charge in [0.15, 0.2) is 0 Å². The standard InChI is InChI=1S/C14H15BrO3/c1-18-13(17)8-6-10-12(16)7-5-9-3-2-4-11(15)14(9)10/h2-4,10H,5-8H2,1H3. The number of aryl methyl sites for hydroxylation is 1. The van der Waals surface area contributed by atoms with E-state index in [1.807, 2.05) is 12.1 Å². The fourth-order valence-corrected chi connectivity index (χ4v) is 3.14. The van der Waals surface area contributed by atoms with Gasteiger partial charge in [0.25, 0.3) is 0 Å². The number of Topliss-reactive ketones (excluding diaryl/α,β-unsaturated/α-hetero) is 1. The summed E-state index contributed by atoms with van der Waals surface area (Å²) in [5, 5.41) is 0. The lowest BCUT2D eigenvalue weighted by atomic mass is 9.79. The predicted octanol–water partition coefficient (Wildman–Crippen LogP) is 3.00. The van der Waals surface area contributed by atoms with E-state index in [1.165, 1.54) is 12.7 Å². The predicted molar refractivity (Wildman–Crippen MR) is 71.5 cm³/mol. The Bertz CT molecular complexity index is 482. The number of hydrogen-bond acceptors (Lipinski definition) is 3. The van der Waals surface area contributed by atoms with Gasteiger partial charge in [-0.25, -0.2) is 0 Å².